The summed E-state index contributed by atoms with van der Waals surface area (Å²) in [5.74, 6) is 1.01. The Morgan fingerprint density at radius 3 is 2.40 bits per heavy atom. The fourth-order valence-electron chi connectivity index (χ4n) is 1.69. The van der Waals surface area contributed by atoms with E-state index in [2.05, 4.69) is 48.8 Å². The van der Waals surface area contributed by atoms with Crippen LogP contribution in [0.25, 0.3) is 0 Å². The lowest BCUT2D eigenvalue weighted by Gasteiger charge is -2.18. The second kappa shape index (κ2) is 5.19. The first-order chi connectivity index (χ1) is 7.08. The van der Waals surface area contributed by atoms with Crippen LogP contribution in [-0.2, 0) is 0 Å². The van der Waals surface area contributed by atoms with Crippen molar-refractivity contribution < 1.29 is 0 Å². The zero-order chi connectivity index (χ0) is 11.4. The molecule has 1 rings (SSSR count). The molecule has 0 amide bonds. The molecule has 3 heteroatoms. The van der Waals surface area contributed by atoms with Crippen molar-refractivity contribution >= 4 is 5.95 Å². The van der Waals surface area contributed by atoms with Gasteiger partial charge >= 0.3 is 0 Å². The molecule has 0 spiro atoms. The van der Waals surface area contributed by atoms with Crippen LogP contribution in [0.2, 0.25) is 0 Å². The number of nitrogens with one attached hydrogen (secondary N) is 1. The standard InChI is InChI=1S/C12H23N3/c1-6-11(7-2)14-12-13-10(5)8-15(12)9(3)4/h8-9,11H,6-7H2,1-5H3,(H,13,14). The maximum atomic E-state index is 4.52. The Hall–Kier alpha value is -0.990. The van der Waals surface area contributed by atoms with Crippen LogP contribution in [0.3, 0.4) is 0 Å². The van der Waals surface area contributed by atoms with Crippen molar-refractivity contribution in [1.82, 2.24) is 9.55 Å². The molecule has 1 aromatic heterocycles. The zero-order valence-electron chi connectivity index (χ0n) is 10.5. The van der Waals surface area contributed by atoms with Crippen LogP contribution >= 0.6 is 0 Å². The summed E-state index contributed by atoms with van der Waals surface area (Å²) in [6, 6.07) is 0.993. The van der Waals surface area contributed by atoms with E-state index in [1.54, 1.807) is 0 Å². The average molecular weight is 209 g/mol. The Labute approximate surface area is 92.9 Å². The second-order valence-corrected chi connectivity index (χ2v) is 4.36. The normalized spacial score (nSPS) is 11.4. The predicted molar refractivity (Wildman–Crippen MR) is 65.3 cm³/mol. The summed E-state index contributed by atoms with van der Waals surface area (Å²) < 4.78 is 2.20. The molecule has 0 fully saturated rings. The SMILES string of the molecule is CCC(CC)Nc1nc(C)cn1C(C)C. The van der Waals surface area contributed by atoms with Crippen molar-refractivity contribution in [3.63, 3.8) is 0 Å². The molecule has 1 aromatic rings. The van der Waals surface area contributed by atoms with Crippen molar-refractivity contribution in [2.45, 2.75) is 59.5 Å². The van der Waals surface area contributed by atoms with E-state index in [1.165, 1.54) is 0 Å². The van der Waals surface area contributed by atoms with Crippen molar-refractivity contribution in [3.8, 4) is 0 Å². The molecule has 1 heterocycles. The van der Waals surface area contributed by atoms with Gasteiger partial charge < -0.3 is 9.88 Å². The molecule has 0 atom stereocenters. The van der Waals surface area contributed by atoms with Gasteiger partial charge in [0.1, 0.15) is 0 Å². The molecule has 0 bridgehead atoms. The molecule has 3 nitrogen and oxygen atoms in total. The molecule has 0 radical (unpaired) electrons. The number of hydrogen-bond acceptors (Lipinski definition) is 2. The number of rotatable bonds is 5. The number of hydrogen-bond donors (Lipinski definition) is 1. The van der Waals surface area contributed by atoms with Gasteiger partial charge in [-0.3, -0.25) is 0 Å². The highest BCUT2D eigenvalue weighted by molar-refractivity contribution is 5.30. The van der Waals surface area contributed by atoms with Crippen LogP contribution < -0.4 is 5.32 Å². The van der Waals surface area contributed by atoms with E-state index in [1.807, 2.05) is 6.92 Å². The molecule has 0 aliphatic rings. The van der Waals surface area contributed by atoms with Gasteiger partial charge in [-0.05, 0) is 33.6 Å². The van der Waals surface area contributed by atoms with Gasteiger partial charge in [0, 0.05) is 18.3 Å². The largest absolute Gasteiger partial charge is 0.353 e. The molecule has 0 aliphatic heterocycles. The monoisotopic (exact) mass is 209 g/mol. The summed E-state index contributed by atoms with van der Waals surface area (Å²) in [4.78, 5) is 4.52. The van der Waals surface area contributed by atoms with Crippen molar-refractivity contribution in [2.24, 2.45) is 0 Å². The quantitative estimate of drug-likeness (QED) is 0.805. The van der Waals surface area contributed by atoms with Crippen LogP contribution in [0, 0.1) is 6.92 Å². The average Bonchev–Trinajstić information content (AvgIpc) is 2.56. The number of nitrogens with zero attached hydrogens (tertiary/aromatic N) is 2. The van der Waals surface area contributed by atoms with Gasteiger partial charge in [0.25, 0.3) is 0 Å². The molecule has 0 aromatic carbocycles. The van der Waals surface area contributed by atoms with E-state index >= 15 is 0 Å². The van der Waals surface area contributed by atoms with Gasteiger partial charge in [0.05, 0.1) is 5.69 Å². The van der Waals surface area contributed by atoms with Crippen LogP contribution in [0.4, 0.5) is 5.95 Å². The number of aromatic nitrogens is 2. The molecular formula is C12H23N3. The second-order valence-electron chi connectivity index (χ2n) is 4.36. The molecule has 0 saturated heterocycles. The smallest absolute Gasteiger partial charge is 0.203 e. The van der Waals surface area contributed by atoms with Gasteiger partial charge in [0.15, 0.2) is 0 Å². The minimum atomic E-state index is 0.461. The Balaban J connectivity index is 2.83. The highest BCUT2D eigenvalue weighted by atomic mass is 15.2. The third-order valence-electron chi connectivity index (χ3n) is 2.73. The summed E-state index contributed by atoms with van der Waals surface area (Å²) >= 11 is 0. The Morgan fingerprint density at radius 1 is 1.33 bits per heavy atom. The summed E-state index contributed by atoms with van der Waals surface area (Å²) in [6.45, 7) is 10.8. The van der Waals surface area contributed by atoms with E-state index in [0.29, 0.717) is 12.1 Å². The number of aryl methyl sites for hydroxylation is 1. The van der Waals surface area contributed by atoms with Crippen LogP contribution in [0.5, 0.6) is 0 Å². The summed E-state index contributed by atoms with van der Waals surface area (Å²) in [5, 5.41) is 3.50. The van der Waals surface area contributed by atoms with Gasteiger partial charge in [-0.2, -0.15) is 0 Å². The third kappa shape index (κ3) is 2.98. The van der Waals surface area contributed by atoms with Gasteiger partial charge in [0.2, 0.25) is 5.95 Å². The summed E-state index contributed by atoms with van der Waals surface area (Å²) in [6.07, 6.45) is 4.39. The van der Waals surface area contributed by atoms with E-state index in [9.17, 15) is 0 Å². The predicted octanol–water partition coefficient (Wildman–Crippen LogP) is 3.37. The molecular weight excluding hydrogens is 186 g/mol. The molecule has 15 heavy (non-hydrogen) atoms. The molecule has 0 unspecified atom stereocenters. The lowest BCUT2D eigenvalue weighted by atomic mass is 10.2. The van der Waals surface area contributed by atoms with Crippen molar-refractivity contribution in [1.29, 1.82) is 0 Å². The maximum Gasteiger partial charge on any atom is 0.203 e. The van der Waals surface area contributed by atoms with Crippen LogP contribution in [0.15, 0.2) is 6.20 Å². The van der Waals surface area contributed by atoms with Crippen LogP contribution in [0.1, 0.15) is 52.3 Å². The highest BCUT2D eigenvalue weighted by Crippen LogP contribution is 2.17. The fourth-order valence-corrected chi connectivity index (χ4v) is 1.69. The maximum absolute atomic E-state index is 4.52. The first-order valence-corrected chi connectivity index (χ1v) is 5.90. The lowest BCUT2D eigenvalue weighted by molar-refractivity contribution is 0.587. The van der Waals surface area contributed by atoms with Gasteiger partial charge in [-0.15, -0.1) is 0 Å². The Bertz CT molecular complexity index is 298. The Morgan fingerprint density at radius 2 is 1.93 bits per heavy atom. The molecule has 0 saturated carbocycles. The molecule has 86 valence electrons. The molecule has 0 aliphatic carbocycles. The highest BCUT2D eigenvalue weighted by Gasteiger charge is 2.11. The summed E-state index contributed by atoms with van der Waals surface area (Å²) in [7, 11) is 0. The van der Waals surface area contributed by atoms with Crippen molar-refractivity contribution in [2.75, 3.05) is 5.32 Å². The first kappa shape index (κ1) is 12.1. The van der Waals surface area contributed by atoms with Gasteiger partial charge in [-0.25, -0.2) is 4.98 Å². The van der Waals surface area contributed by atoms with E-state index in [4.69, 9.17) is 0 Å². The van der Waals surface area contributed by atoms with E-state index in [0.717, 1.165) is 24.5 Å². The number of anilines is 1. The first-order valence-electron chi connectivity index (χ1n) is 5.90. The summed E-state index contributed by atoms with van der Waals surface area (Å²) in [5.41, 5.74) is 1.08. The minimum Gasteiger partial charge on any atom is -0.353 e. The molecule has 1 N–H and O–H groups in total. The number of imidazole rings is 1. The fraction of sp³-hybridized carbons (Fsp3) is 0.750. The lowest BCUT2D eigenvalue weighted by Crippen LogP contribution is -2.20. The van der Waals surface area contributed by atoms with Crippen molar-refractivity contribution in [3.05, 3.63) is 11.9 Å². The van der Waals surface area contributed by atoms with Gasteiger partial charge in [-0.1, -0.05) is 13.8 Å². The zero-order valence-corrected chi connectivity index (χ0v) is 10.5. The Kier molecular flexibility index (Phi) is 4.18. The van der Waals surface area contributed by atoms with E-state index < -0.39 is 0 Å². The third-order valence-corrected chi connectivity index (χ3v) is 2.73. The topological polar surface area (TPSA) is 29.9 Å². The van der Waals surface area contributed by atoms with E-state index in [-0.39, 0.29) is 0 Å². The van der Waals surface area contributed by atoms with Crippen LogP contribution in [-0.4, -0.2) is 15.6 Å². The minimum absolute atomic E-state index is 0.461.